The Balaban J connectivity index is 1.96. The number of phenols is 1. The highest BCUT2D eigenvalue weighted by atomic mass is 16.3. The van der Waals surface area contributed by atoms with Gasteiger partial charge in [0.25, 0.3) is 0 Å². The van der Waals surface area contributed by atoms with Gasteiger partial charge in [-0.25, -0.2) is 0 Å². The number of hydrogen-bond donors (Lipinski definition) is 2. The maximum Gasteiger partial charge on any atom is 0.239 e. The van der Waals surface area contributed by atoms with Crippen LogP contribution in [0.5, 0.6) is 5.75 Å². The molecular weight excluding hydrogens is 264 g/mol. The molecule has 1 heterocycles. The van der Waals surface area contributed by atoms with Crippen molar-refractivity contribution in [1.82, 2.24) is 10.2 Å². The number of nitrogens with one attached hydrogen (secondary N) is 1. The fraction of sp³-hybridized carbons (Fsp3) is 0.588. The van der Waals surface area contributed by atoms with E-state index in [0.717, 1.165) is 37.9 Å². The third-order valence-electron chi connectivity index (χ3n) is 4.19. The van der Waals surface area contributed by atoms with Crippen molar-refractivity contribution < 1.29 is 9.90 Å². The van der Waals surface area contributed by atoms with Crippen molar-refractivity contribution in [2.45, 2.75) is 51.6 Å². The molecule has 2 rings (SSSR count). The number of hydrogen-bond acceptors (Lipinski definition) is 3. The largest absolute Gasteiger partial charge is 0.508 e. The molecule has 1 aromatic carbocycles. The van der Waals surface area contributed by atoms with E-state index in [1.54, 1.807) is 12.1 Å². The molecule has 1 saturated heterocycles. The number of benzene rings is 1. The van der Waals surface area contributed by atoms with Crippen LogP contribution < -0.4 is 5.32 Å². The van der Waals surface area contributed by atoms with Gasteiger partial charge >= 0.3 is 0 Å². The van der Waals surface area contributed by atoms with Crippen molar-refractivity contribution in [3.05, 3.63) is 29.8 Å². The lowest BCUT2D eigenvalue weighted by molar-refractivity contribution is -0.134. The number of phenolic OH excluding ortho intramolecular Hbond substituents is 1. The monoisotopic (exact) mass is 290 g/mol. The standard InChI is InChI=1S/C17H26N2O2/c1-3-16(14-7-9-15(20)10-8-14)18-13(2)17(21)19-11-5-4-6-12-19/h7-10,13,16,18,20H,3-6,11-12H2,1-2H3. The van der Waals surface area contributed by atoms with Crippen molar-refractivity contribution in [1.29, 1.82) is 0 Å². The normalized spacial score (nSPS) is 18.3. The maximum atomic E-state index is 12.5. The van der Waals surface area contributed by atoms with Gasteiger partial charge < -0.3 is 10.0 Å². The summed E-state index contributed by atoms with van der Waals surface area (Å²) in [5.74, 6) is 0.470. The number of piperidine rings is 1. The summed E-state index contributed by atoms with van der Waals surface area (Å²) in [6.07, 6.45) is 4.38. The molecule has 116 valence electrons. The lowest BCUT2D eigenvalue weighted by atomic mass is 10.0. The second-order valence-corrected chi connectivity index (χ2v) is 5.83. The van der Waals surface area contributed by atoms with Gasteiger partial charge in [0, 0.05) is 19.1 Å². The Kier molecular flexibility index (Phi) is 5.62. The first-order valence-corrected chi connectivity index (χ1v) is 7.95. The van der Waals surface area contributed by atoms with Gasteiger partial charge in [-0.2, -0.15) is 0 Å². The lowest BCUT2D eigenvalue weighted by Crippen LogP contribution is -2.47. The van der Waals surface area contributed by atoms with Gasteiger partial charge in [-0.3, -0.25) is 10.1 Å². The smallest absolute Gasteiger partial charge is 0.239 e. The van der Waals surface area contributed by atoms with Crippen LogP contribution >= 0.6 is 0 Å². The zero-order valence-corrected chi connectivity index (χ0v) is 13.0. The summed E-state index contributed by atoms with van der Waals surface area (Å²) in [5, 5.41) is 12.8. The van der Waals surface area contributed by atoms with E-state index in [-0.39, 0.29) is 23.7 Å². The van der Waals surface area contributed by atoms with Crippen LogP contribution in [0, 0.1) is 0 Å². The Hall–Kier alpha value is -1.55. The molecule has 1 aliphatic heterocycles. The minimum Gasteiger partial charge on any atom is -0.508 e. The summed E-state index contributed by atoms with van der Waals surface area (Å²) in [6.45, 7) is 5.82. The van der Waals surface area contributed by atoms with Crippen molar-refractivity contribution in [2.24, 2.45) is 0 Å². The van der Waals surface area contributed by atoms with Gasteiger partial charge in [0.05, 0.1) is 6.04 Å². The summed E-state index contributed by atoms with van der Waals surface area (Å²) in [4.78, 5) is 14.4. The SMILES string of the molecule is CCC(NC(C)C(=O)N1CCCCC1)c1ccc(O)cc1. The average molecular weight is 290 g/mol. The highest BCUT2D eigenvalue weighted by Crippen LogP contribution is 2.20. The number of carbonyl (C=O) groups excluding carboxylic acids is 1. The number of carbonyl (C=O) groups is 1. The third kappa shape index (κ3) is 4.21. The topological polar surface area (TPSA) is 52.6 Å². The quantitative estimate of drug-likeness (QED) is 0.876. The van der Waals surface area contributed by atoms with Crippen LogP contribution in [0.15, 0.2) is 24.3 Å². The molecule has 2 unspecified atom stereocenters. The van der Waals surface area contributed by atoms with Crippen LogP contribution in [0.3, 0.4) is 0 Å². The number of likely N-dealkylation sites (tertiary alicyclic amines) is 1. The van der Waals surface area contributed by atoms with Gasteiger partial charge in [0.1, 0.15) is 5.75 Å². The van der Waals surface area contributed by atoms with E-state index < -0.39 is 0 Å². The molecule has 2 N–H and O–H groups in total. The van der Waals surface area contributed by atoms with E-state index in [9.17, 15) is 9.90 Å². The van der Waals surface area contributed by atoms with Gasteiger partial charge in [-0.15, -0.1) is 0 Å². The van der Waals surface area contributed by atoms with Gasteiger partial charge in [0.15, 0.2) is 0 Å². The van der Waals surface area contributed by atoms with Crippen molar-refractivity contribution in [3.63, 3.8) is 0 Å². The Morgan fingerprint density at radius 3 is 2.43 bits per heavy atom. The molecule has 0 bridgehead atoms. The highest BCUT2D eigenvalue weighted by Gasteiger charge is 2.24. The van der Waals surface area contributed by atoms with E-state index in [4.69, 9.17) is 0 Å². The predicted molar refractivity (Wildman–Crippen MR) is 84.2 cm³/mol. The first-order valence-electron chi connectivity index (χ1n) is 7.95. The summed E-state index contributed by atoms with van der Waals surface area (Å²) in [6, 6.07) is 7.16. The zero-order chi connectivity index (χ0) is 15.2. The van der Waals surface area contributed by atoms with Crippen LogP contribution in [-0.4, -0.2) is 35.0 Å². The van der Waals surface area contributed by atoms with Crippen LogP contribution in [0.4, 0.5) is 0 Å². The molecule has 0 saturated carbocycles. The molecule has 1 amide bonds. The number of rotatable bonds is 5. The van der Waals surface area contributed by atoms with Gasteiger partial charge in [0.2, 0.25) is 5.91 Å². The Bertz CT molecular complexity index is 452. The van der Waals surface area contributed by atoms with E-state index in [1.165, 1.54) is 6.42 Å². The minimum atomic E-state index is -0.179. The summed E-state index contributed by atoms with van der Waals surface area (Å²) >= 11 is 0. The lowest BCUT2D eigenvalue weighted by Gasteiger charge is -2.31. The van der Waals surface area contributed by atoms with Gasteiger partial charge in [-0.05, 0) is 50.3 Å². The number of nitrogens with zero attached hydrogens (tertiary/aromatic N) is 1. The molecule has 1 aliphatic rings. The van der Waals surface area contributed by atoms with E-state index in [2.05, 4.69) is 12.2 Å². The molecule has 2 atom stereocenters. The second-order valence-electron chi connectivity index (χ2n) is 5.83. The van der Waals surface area contributed by atoms with Crippen LogP contribution in [0.1, 0.15) is 51.1 Å². The number of amides is 1. The second kappa shape index (κ2) is 7.46. The molecule has 21 heavy (non-hydrogen) atoms. The summed E-state index contributed by atoms with van der Waals surface area (Å²) in [7, 11) is 0. The van der Waals surface area contributed by atoms with Crippen LogP contribution in [0.25, 0.3) is 0 Å². The first-order chi connectivity index (χ1) is 10.1. The summed E-state index contributed by atoms with van der Waals surface area (Å²) in [5.41, 5.74) is 1.11. The van der Waals surface area contributed by atoms with Crippen molar-refractivity contribution >= 4 is 5.91 Å². The molecule has 0 aliphatic carbocycles. The maximum absolute atomic E-state index is 12.5. The molecular formula is C17H26N2O2. The molecule has 1 aromatic rings. The molecule has 4 nitrogen and oxygen atoms in total. The molecule has 4 heteroatoms. The predicted octanol–water partition coefficient (Wildman–Crippen LogP) is 2.83. The highest BCUT2D eigenvalue weighted by molar-refractivity contribution is 5.81. The first kappa shape index (κ1) is 15.8. The Morgan fingerprint density at radius 2 is 1.86 bits per heavy atom. The summed E-state index contributed by atoms with van der Waals surface area (Å²) < 4.78 is 0. The van der Waals surface area contributed by atoms with Crippen molar-refractivity contribution in [2.75, 3.05) is 13.1 Å². The molecule has 1 fully saturated rings. The zero-order valence-electron chi connectivity index (χ0n) is 13.0. The molecule has 0 spiro atoms. The Morgan fingerprint density at radius 1 is 1.24 bits per heavy atom. The van der Waals surface area contributed by atoms with E-state index in [0.29, 0.717) is 0 Å². The fourth-order valence-corrected chi connectivity index (χ4v) is 2.92. The number of aromatic hydroxyl groups is 1. The third-order valence-corrected chi connectivity index (χ3v) is 4.19. The van der Waals surface area contributed by atoms with E-state index >= 15 is 0 Å². The molecule has 0 aromatic heterocycles. The Labute approximate surface area is 127 Å². The fourth-order valence-electron chi connectivity index (χ4n) is 2.92. The van der Waals surface area contributed by atoms with Crippen molar-refractivity contribution in [3.8, 4) is 5.75 Å². The van der Waals surface area contributed by atoms with E-state index in [1.807, 2.05) is 24.0 Å². The minimum absolute atomic E-state index is 0.134. The average Bonchev–Trinajstić information content (AvgIpc) is 2.53. The van der Waals surface area contributed by atoms with Crippen LogP contribution in [0.2, 0.25) is 0 Å². The van der Waals surface area contributed by atoms with Crippen LogP contribution in [-0.2, 0) is 4.79 Å². The van der Waals surface area contributed by atoms with Gasteiger partial charge in [-0.1, -0.05) is 19.1 Å². The molecule has 0 radical (unpaired) electrons.